The average Bonchev–Trinajstić information content (AvgIpc) is 1.00. The van der Waals surface area contributed by atoms with Crippen LogP contribution >= 0.6 is 0 Å². The van der Waals surface area contributed by atoms with Crippen LogP contribution in [0, 0.1) is 77.3 Å². The van der Waals surface area contributed by atoms with Gasteiger partial charge in [0.15, 0.2) is 0 Å². The summed E-state index contributed by atoms with van der Waals surface area (Å²) >= 11 is 1.69. The van der Waals surface area contributed by atoms with E-state index in [9.17, 15) is 0 Å². The molecule has 0 aliphatic heterocycles. The van der Waals surface area contributed by atoms with E-state index >= 15 is 0 Å². The average molecular weight is 392 g/mol. The molecule has 0 spiro atoms. The van der Waals surface area contributed by atoms with Crippen LogP contribution < -0.4 is 0 Å². The molecule has 1 radical (unpaired) electrons. The molecule has 0 aliphatic carbocycles. The van der Waals surface area contributed by atoms with E-state index in [2.05, 4.69) is 0 Å². The van der Waals surface area contributed by atoms with Gasteiger partial charge in [-0.3, -0.25) is 0 Å². The molecule has 0 saturated heterocycles. The second-order valence-corrected chi connectivity index (χ2v) is 0. The van der Waals surface area contributed by atoms with Gasteiger partial charge in [-0.05, 0) is 0 Å². The van der Waals surface area contributed by atoms with Crippen LogP contribution in [0.4, 0.5) is 0 Å². The van der Waals surface area contributed by atoms with Crippen molar-refractivity contribution >= 4 is 37.7 Å². The summed E-state index contributed by atoms with van der Waals surface area (Å²) in [6, 6.07) is 0. The molecule has 0 fully saturated rings. The number of rotatable bonds is 0. The van der Waals surface area contributed by atoms with Gasteiger partial charge in [-0.2, -0.15) is 0 Å². The first-order valence-electron chi connectivity index (χ1n) is 0.154. The first kappa shape index (κ1) is 22.9. The van der Waals surface area contributed by atoms with Gasteiger partial charge in [0, 0.05) is 77.3 Å². The molecular formula is H2CaCeLaMnO. The Balaban J connectivity index is -0.000000000500. The van der Waals surface area contributed by atoms with E-state index in [1.165, 1.54) is 0 Å². The van der Waals surface area contributed by atoms with Crippen LogP contribution in [0.1, 0.15) is 2.85 Å². The maximum atomic E-state index is 8.06. The topological polar surface area (TPSA) is 17.1 Å². The summed E-state index contributed by atoms with van der Waals surface area (Å²) in [5, 5.41) is 0. The van der Waals surface area contributed by atoms with Crippen LogP contribution in [0.3, 0.4) is 0 Å². The summed E-state index contributed by atoms with van der Waals surface area (Å²) in [6.07, 6.45) is 0. The summed E-state index contributed by atoms with van der Waals surface area (Å²) in [6.45, 7) is 0. The van der Waals surface area contributed by atoms with Crippen LogP contribution in [-0.4, -0.2) is 37.7 Å². The molecule has 0 saturated carbocycles. The fraction of sp³-hybridized carbons (Fsp3) is 0. The molecule has 0 aromatic rings. The summed E-state index contributed by atoms with van der Waals surface area (Å²) in [5.74, 6) is 0. The van der Waals surface area contributed by atoms with Crippen LogP contribution in [0.5, 0.6) is 0 Å². The Bertz CT molecular complexity index is 17.7. The second kappa shape index (κ2) is 24.2. The Morgan fingerprint density at radius 3 is 1.40 bits per heavy atom. The van der Waals surface area contributed by atoms with Gasteiger partial charge in [0.25, 0.3) is 0 Å². The van der Waals surface area contributed by atoms with Crippen molar-refractivity contribution in [3.8, 4) is 0 Å². The molecule has 24 valence electrons. The normalized spacial score (nSPS) is 0.800. The second-order valence-electron chi connectivity index (χ2n) is 0. The first-order valence-corrected chi connectivity index (χ1v) is 0.636. The fourth-order valence-electron chi connectivity index (χ4n) is 0. The predicted molar refractivity (Wildman–Crippen MR) is 8.66 cm³/mol. The molecule has 0 bridgehead atoms. The zero-order valence-corrected chi connectivity index (χ0v) is 12.7. The molecule has 0 amide bonds. The van der Waals surface area contributed by atoms with Gasteiger partial charge in [0.05, 0.1) is 0 Å². The quantitative estimate of drug-likeness (QED) is 0.519. The van der Waals surface area contributed by atoms with E-state index in [0.717, 1.165) is 0 Å². The monoisotopic (exact) mass is 392 g/mol. The van der Waals surface area contributed by atoms with Gasteiger partial charge in [0.1, 0.15) is 0 Å². The SMILES string of the molecule is [Ca+2].[Ce].[H-].[H-].[La].[O]=[Mn]. The van der Waals surface area contributed by atoms with E-state index in [0.29, 0.717) is 0 Å². The summed E-state index contributed by atoms with van der Waals surface area (Å²) < 4.78 is 8.06. The minimum absolute atomic E-state index is 0. The third-order valence-corrected chi connectivity index (χ3v) is 0. The van der Waals surface area contributed by atoms with Gasteiger partial charge in [-0.25, -0.2) is 0 Å². The predicted octanol–water partition coefficient (Wildman–Crippen LogP) is -0.277. The molecule has 0 atom stereocenters. The molecule has 0 aliphatic rings. The van der Waals surface area contributed by atoms with Gasteiger partial charge < -0.3 is 2.85 Å². The van der Waals surface area contributed by atoms with Crippen LogP contribution in [0.2, 0.25) is 0 Å². The van der Waals surface area contributed by atoms with Crippen LogP contribution in [0.15, 0.2) is 0 Å². The van der Waals surface area contributed by atoms with Crippen molar-refractivity contribution in [2.24, 2.45) is 0 Å². The minimum atomic E-state index is 0. The summed E-state index contributed by atoms with van der Waals surface area (Å²) in [7, 11) is 0. The first-order chi connectivity index (χ1) is 1.00. The van der Waals surface area contributed by atoms with Gasteiger partial charge in [-0.15, -0.1) is 0 Å². The van der Waals surface area contributed by atoms with Gasteiger partial charge in [-0.1, -0.05) is 0 Å². The zero-order valence-electron chi connectivity index (χ0n) is 4.57. The van der Waals surface area contributed by atoms with Crippen molar-refractivity contribution in [2.75, 3.05) is 0 Å². The maximum absolute atomic E-state index is 8.06. The molecule has 0 aromatic carbocycles. The van der Waals surface area contributed by atoms with Crippen molar-refractivity contribution in [3.05, 3.63) is 0 Å². The third-order valence-electron chi connectivity index (χ3n) is 0. The standard InChI is InChI=1S/Ca.Ce.La.Mn.O.2H/q+2;;;;;2*-1. The molecular weight excluding hydrogens is 390 g/mol. The summed E-state index contributed by atoms with van der Waals surface area (Å²) in [5.41, 5.74) is 0. The van der Waals surface area contributed by atoms with Crippen molar-refractivity contribution in [1.29, 1.82) is 0 Å². The van der Waals surface area contributed by atoms with Crippen molar-refractivity contribution in [1.82, 2.24) is 0 Å². The zero-order chi connectivity index (χ0) is 2.00. The number of hydrogen-bond donors (Lipinski definition) is 0. The Hall–Kier alpha value is 4.15. The number of hydrogen-bond acceptors (Lipinski definition) is 1. The molecule has 5 heavy (non-hydrogen) atoms. The molecule has 1 nitrogen and oxygen atoms in total. The van der Waals surface area contributed by atoms with Gasteiger partial charge in [0.2, 0.25) is 0 Å². The van der Waals surface area contributed by atoms with Crippen molar-refractivity contribution < 1.29 is 100.0 Å². The van der Waals surface area contributed by atoms with Gasteiger partial charge >= 0.3 is 57.5 Å². The fourth-order valence-corrected chi connectivity index (χ4v) is 0. The molecule has 0 unspecified atom stereocenters. The van der Waals surface area contributed by atoms with E-state index in [1.54, 1.807) is 15.9 Å². The molecule has 5 heteroatoms. The van der Waals surface area contributed by atoms with Crippen LogP contribution in [-0.2, 0) is 19.8 Å². The Kier molecular flexibility index (Phi) is 111. The van der Waals surface area contributed by atoms with E-state index in [1.807, 2.05) is 0 Å². The van der Waals surface area contributed by atoms with Crippen molar-refractivity contribution in [3.63, 3.8) is 0 Å². The van der Waals surface area contributed by atoms with E-state index < -0.39 is 0 Å². The molecule has 0 aromatic heterocycles. The molecule has 0 heterocycles. The molecule has 0 rings (SSSR count). The third kappa shape index (κ3) is 17.9. The van der Waals surface area contributed by atoms with E-state index in [4.69, 9.17) is 3.83 Å². The Morgan fingerprint density at radius 2 is 1.40 bits per heavy atom. The van der Waals surface area contributed by atoms with Crippen molar-refractivity contribution in [2.45, 2.75) is 0 Å². The Morgan fingerprint density at radius 1 is 1.40 bits per heavy atom. The Labute approximate surface area is 134 Å². The van der Waals surface area contributed by atoms with E-state index in [-0.39, 0.29) is 118 Å². The van der Waals surface area contributed by atoms with Crippen LogP contribution in [0.25, 0.3) is 0 Å². The molecule has 0 N–H and O–H groups in total. The summed E-state index contributed by atoms with van der Waals surface area (Å²) in [4.78, 5) is 0.